The predicted octanol–water partition coefficient (Wildman–Crippen LogP) is 2.53. The second kappa shape index (κ2) is 7.71. The van der Waals surface area contributed by atoms with E-state index in [0.717, 1.165) is 12.8 Å². The highest BCUT2D eigenvalue weighted by Crippen LogP contribution is 2.08. The van der Waals surface area contributed by atoms with Crippen LogP contribution in [0.3, 0.4) is 0 Å². The lowest BCUT2D eigenvalue weighted by Crippen LogP contribution is -2.39. The second-order valence-corrected chi connectivity index (χ2v) is 5.55. The Balaban J connectivity index is 1.64. The normalized spacial score (nSPS) is 14.5. The van der Waals surface area contributed by atoms with Gasteiger partial charge in [0.25, 0.3) is 5.91 Å². The molecule has 3 rings (SSSR count). The van der Waals surface area contributed by atoms with Crippen molar-refractivity contribution >= 4 is 5.91 Å². The Morgan fingerprint density at radius 3 is 2.67 bits per heavy atom. The van der Waals surface area contributed by atoms with Crippen LogP contribution in [0.15, 0.2) is 42.6 Å². The van der Waals surface area contributed by atoms with Crippen LogP contribution >= 0.6 is 0 Å². The van der Waals surface area contributed by atoms with Crippen LogP contribution in [0.1, 0.15) is 34.5 Å². The first kappa shape index (κ1) is 16.2. The fourth-order valence-electron chi connectivity index (χ4n) is 2.41. The largest absolute Gasteiger partial charge is 0.381 e. The van der Waals surface area contributed by atoms with Gasteiger partial charge in [-0.15, -0.1) is 0 Å². The Morgan fingerprint density at radius 2 is 1.96 bits per heavy atom. The minimum atomic E-state index is -0.319. The summed E-state index contributed by atoms with van der Waals surface area (Å²) in [5.74, 6) is 5.27. The molecule has 2 heterocycles. The van der Waals surface area contributed by atoms with Gasteiger partial charge in [0, 0.05) is 36.6 Å². The van der Waals surface area contributed by atoms with Gasteiger partial charge in [-0.3, -0.25) is 4.79 Å². The van der Waals surface area contributed by atoms with Crippen LogP contribution in [0, 0.1) is 17.7 Å². The molecule has 1 fully saturated rings. The summed E-state index contributed by atoms with van der Waals surface area (Å²) in [4.78, 5) is 16.3. The Bertz CT molecular complexity index is 772. The third-order valence-electron chi connectivity index (χ3n) is 3.73. The molecule has 122 valence electrons. The van der Waals surface area contributed by atoms with Crippen LogP contribution in [0.5, 0.6) is 0 Å². The zero-order valence-electron chi connectivity index (χ0n) is 13.1. The van der Waals surface area contributed by atoms with Crippen molar-refractivity contribution in [2.45, 2.75) is 18.9 Å². The summed E-state index contributed by atoms with van der Waals surface area (Å²) < 4.78 is 18.4. The van der Waals surface area contributed by atoms with Gasteiger partial charge in [-0.25, -0.2) is 9.37 Å². The SMILES string of the molecule is O=C(NC1CCOCC1)c1ccc(C#Cc2cccc(F)c2)cn1. The van der Waals surface area contributed by atoms with Crippen LogP contribution in [0.25, 0.3) is 0 Å². The maximum Gasteiger partial charge on any atom is 0.270 e. The smallest absolute Gasteiger partial charge is 0.270 e. The summed E-state index contributed by atoms with van der Waals surface area (Å²) in [5, 5.41) is 2.96. The second-order valence-electron chi connectivity index (χ2n) is 5.55. The molecule has 4 nitrogen and oxygen atoms in total. The monoisotopic (exact) mass is 324 g/mol. The molecule has 1 aromatic carbocycles. The van der Waals surface area contributed by atoms with Crippen LogP contribution in [0.2, 0.25) is 0 Å². The molecule has 0 spiro atoms. The first-order valence-corrected chi connectivity index (χ1v) is 7.83. The molecule has 5 heteroatoms. The molecule has 0 bridgehead atoms. The molecule has 1 amide bonds. The minimum absolute atomic E-state index is 0.139. The lowest BCUT2D eigenvalue weighted by Gasteiger charge is -2.22. The van der Waals surface area contributed by atoms with Gasteiger partial charge < -0.3 is 10.1 Å². The number of aromatic nitrogens is 1. The molecule has 1 aliphatic heterocycles. The fourth-order valence-corrected chi connectivity index (χ4v) is 2.41. The molecule has 1 N–H and O–H groups in total. The van der Waals surface area contributed by atoms with Crippen molar-refractivity contribution < 1.29 is 13.9 Å². The number of ether oxygens (including phenoxy) is 1. The van der Waals surface area contributed by atoms with Crippen molar-refractivity contribution in [1.82, 2.24) is 10.3 Å². The average molecular weight is 324 g/mol. The van der Waals surface area contributed by atoms with E-state index < -0.39 is 0 Å². The molecule has 0 saturated carbocycles. The molecule has 24 heavy (non-hydrogen) atoms. The van der Waals surface area contributed by atoms with Crippen LogP contribution in [-0.2, 0) is 4.74 Å². The average Bonchev–Trinajstić information content (AvgIpc) is 2.61. The third-order valence-corrected chi connectivity index (χ3v) is 3.73. The zero-order valence-corrected chi connectivity index (χ0v) is 13.1. The number of halogens is 1. The quantitative estimate of drug-likeness (QED) is 0.864. The van der Waals surface area contributed by atoms with E-state index in [-0.39, 0.29) is 17.8 Å². The van der Waals surface area contributed by atoms with Gasteiger partial charge in [-0.05, 0) is 43.2 Å². The molecule has 1 saturated heterocycles. The van der Waals surface area contributed by atoms with Crippen LogP contribution < -0.4 is 5.32 Å². The zero-order chi connectivity index (χ0) is 16.8. The van der Waals surface area contributed by atoms with Crippen molar-refractivity contribution in [3.05, 3.63) is 65.2 Å². The topological polar surface area (TPSA) is 51.2 Å². The van der Waals surface area contributed by atoms with Crippen molar-refractivity contribution in [2.24, 2.45) is 0 Å². The Hall–Kier alpha value is -2.71. The third kappa shape index (κ3) is 4.40. The number of amides is 1. The van der Waals surface area contributed by atoms with Gasteiger partial charge >= 0.3 is 0 Å². The molecule has 0 radical (unpaired) electrons. The summed E-state index contributed by atoms with van der Waals surface area (Å²) >= 11 is 0. The van der Waals surface area contributed by atoms with E-state index in [0.29, 0.717) is 30.0 Å². The maximum atomic E-state index is 13.1. The van der Waals surface area contributed by atoms with Crippen molar-refractivity contribution in [1.29, 1.82) is 0 Å². The predicted molar refractivity (Wildman–Crippen MR) is 87.9 cm³/mol. The van der Waals surface area contributed by atoms with E-state index in [1.54, 1.807) is 30.5 Å². The van der Waals surface area contributed by atoms with Gasteiger partial charge in [0.15, 0.2) is 0 Å². The molecule has 1 aliphatic rings. The number of hydrogen-bond acceptors (Lipinski definition) is 3. The summed E-state index contributed by atoms with van der Waals surface area (Å²) in [6, 6.07) is 9.61. The number of carbonyl (C=O) groups is 1. The Morgan fingerprint density at radius 1 is 1.17 bits per heavy atom. The minimum Gasteiger partial charge on any atom is -0.381 e. The van der Waals surface area contributed by atoms with E-state index >= 15 is 0 Å². The Kier molecular flexibility index (Phi) is 5.19. The lowest BCUT2D eigenvalue weighted by molar-refractivity contribution is 0.0694. The molecular weight excluding hydrogens is 307 g/mol. The number of benzene rings is 1. The van der Waals surface area contributed by atoms with Crippen molar-refractivity contribution in [3.8, 4) is 11.8 Å². The number of hydrogen-bond donors (Lipinski definition) is 1. The Labute approximate surface area is 140 Å². The van der Waals surface area contributed by atoms with Crippen LogP contribution in [0.4, 0.5) is 4.39 Å². The summed E-state index contributed by atoms with van der Waals surface area (Å²) in [5.41, 5.74) is 1.62. The summed E-state index contributed by atoms with van der Waals surface area (Å²) in [6.45, 7) is 1.35. The molecule has 0 unspecified atom stereocenters. The number of carbonyl (C=O) groups excluding carboxylic acids is 1. The highest BCUT2D eigenvalue weighted by atomic mass is 19.1. The van der Waals surface area contributed by atoms with Gasteiger partial charge in [-0.2, -0.15) is 0 Å². The van der Waals surface area contributed by atoms with E-state index in [4.69, 9.17) is 4.74 Å². The first-order valence-electron chi connectivity index (χ1n) is 7.83. The van der Waals surface area contributed by atoms with Gasteiger partial charge in [0.2, 0.25) is 0 Å². The fraction of sp³-hybridized carbons (Fsp3) is 0.263. The highest BCUT2D eigenvalue weighted by molar-refractivity contribution is 5.92. The number of pyridine rings is 1. The van der Waals surface area contributed by atoms with Gasteiger partial charge in [0.1, 0.15) is 11.5 Å². The summed E-state index contributed by atoms with van der Waals surface area (Å²) in [7, 11) is 0. The molecular formula is C19H17FN2O2. The highest BCUT2D eigenvalue weighted by Gasteiger charge is 2.17. The summed E-state index contributed by atoms with van der Waals surface area (Å²) in [6.07, 6.45) is 3.19. The van der Waals surface area contributed by atoms with E-state index in [1.807, 2.05) is 0 Å². The van der Waals surface area contributed by atoms with Crippen molar-refractivity contribution in [3.63, 3.8) is 0 Å². The van der Waals surface area contributed by atoms with E-state index in [9.17, 15) is 9.18 Å². The van der Waals surface area contributed by atoms with E-state index in [2.05, 4.69) is 22.1 Å². The molecule has 0 atom stereocenters. The standard InChI is InChI=1S/C19H17FN2O2/c20-16-3-1-2-14(12-16)4-5-15-6-7-18(21-13-15)19(23)22-17-8-10-24-11-9-17/h1-3,6-7,12-13,17H,8-11H2,(H,22,23). The molecule has 0 aliphatic carbocycles. The lowest BCUT2D eigenvalue weighted by atomic mass is 10.1. The number of nitrogens with zero attached hydrogens (tertiary/aromatic N) is 1. The maximum absolute atomic E-state index is 13.1. The first-order chi connectivity index (χ1) is 11.7. The molecule has 1 aromatic heterocycles. The van der Waals surface area contributed by atoms with E-state index in [1.165, 1.54) is 12.1 Å². The number of rotatable bonds is 2. The van der Waals surface area contributed by atoms with Crippen LogP contribution in [-0.4, -0.2) is 30.1 Å². The van der Waals surface area contributed by atoms with Crippen molar-refractivity contribution in [2.75, 3.05) is 13.2 Å². The number of nitrogens with one attached hydrogen (secondary N) is 1. The van der Waals surface area contributed by atoms with Gasteiger partial charge in [0.05, 0.1) is 0 Å². The molecule has 2 aromatic rings. The van der Waals surface area contributed by atoms with Gasteiger partial charge in [-0.1, -0.05) is 17.9 Å².